The van der Waals surface area contributed by atoms with Gasteiger partial charge in [-0.15, -0.1) is 0 Å². The molecule has 0 spiro atoms. The molecule has 1 heterocycles. The standard InChI is InChI=1S/C20H22N2O4/c1-13(2)22-14(3)9-17(15(22)4)18(23)11-26-20(24)12-25-19-8-6-5-7-16(19)10-21/h5-9,13H,11-12H2,1-4H3. The number of nitrogens with zero attached hydrogens (tertiary/aromatic N) is 2. The molecule has 6 nitrogen and oxygen atoms in total. The highest BCUT2D eigenvalue weighted by Gasteiger charge is 2.18. The van der Waals surface area contributed by atoms with Crippen LogP contribution in [0.2, 0.25) is 0 Å². The van der Waals surface area contributed by atoms with Gasteiger partial charge in [-0.05, 0) is 45.9 Å². The normalized spacial score (nSPS) is 10.5. The molecule has 1 aromatic heterocycles. The van der Waals surface area contributed by atoms with Gasteiger partial charge in [0.05, 0.1) is 5.56 Å². The number of para-hydroxylation sites is 1. The first-order valence-corrected chi connectivity index (χ1v) is 8.34. The Morgan fingerprint density at radius 3 is 2.50 bits per heavy atom. The highest BCUT2D eigenvalue weighted by atomic mass is 16.6. The van der Waals surface area contributed by atoms with E-state index in [9.17, 15) is 9.59 Å². The lowest BCUT2D eigenvalue weighted by molar-refractivity contribution is -0.144. The second-order valence-electron chi connectivity index (χ2n) is 6.23. The number of ketones is 1. The molecule has 1 aromatic carbocycles. The van der Waals surface area contributed by atoms with Crippen molar-refractivity contribution in [1.82, 2.24) is 4.57 Å². The third kappa shape index (κ3) is 4.31. The van der Waals surface area contributed by atoms with Crippen molar-refractivity contribution in [3.63, 3.8) is 0 Å². The van der Waals surface area contributed by atoms with Crippen molar-refractivity contribution in [2.45, 2.75) is 33.7 Å². The summed E-state index contributed by atoms with van der Waals surface area (Å²) < 4.78 is 12.4. The maximum atomic E-state index is 12.4. The van der Waals surface area contributed by atoms with E-state index in [4.69, 9.17) is 14.7 Å². The summed E-state index contributed by atoms with van der Waals surface area (Å²) in [6.45, 7) is 7.21. The number of nitriles is 1. The average molecular weight is 354 g/mol. The zero-order valence-corrected chi connectivity index (χ0v) is 15.4. The molecule has 0 aliphatic rings. The Hall–Kier alpha value is -3.07. The van der Waals surface area contributed by atoms with Crippen LogP contribution in [0, 0.1) is 25.2 Å². The van der Waals surface area contributed by atoms with E-state index in [1.54, 1.807) is 24.3 Å². The fourth-order valence-electron chi connectivity index (χ4n) is 2.94. The van der Waals surface area contributed by atoms with Crippen LogP contribution in [0.5, 0.6) is 5.75 Å². The van der Waals surface area contributed by atoms with E-state index in [1.807, 2.05) is 39.8 Å². The Bertz CT molecular complexity index is 859. The smallest absolute Gasteiger partial charge is 0.344 e. The van der Waals surface area contributed by atoms with E-state index in [2.05, 4.69) is 4.57 Å². The first kappa shape index (κ1) is 19.3. The van der Waals surface area contributed by atoms with E-state index in [0.29, 0.717) is 16.9 Å². The van der Waals surface area contributed by atoms with Crippen LogP contribution in [-0.4, -0.2) is 29.5 Å². The molecule has 0 saturated heterocycles. The molecule has 0 aliphatic carbocycles. The number of aryl methyl sites for hydroxylation is 1. The Balaban J connectivity index is 1.92. The van der Waals surface area contributed by atoms with Crippen LogP contribution >= 0.6 is 0 Å². The maximum absolute atomic E-state index is 12.4. The van der Waals surface area contributed by atoms with Gasteiger partial charge >= 0.3 is 5.97 Å². The Labute approximate surface area is 152 Å². The third-order valence-corrected chi connectivity index (χ3v) is 4.02. The van der Waals surface area contributed by atoms with E-state index in [1.165, 1.54) is 0 Å². The molecule has 0 saturated carbocycles. The minimum absolute atomic E-state index is 0.243. The predicted molar refractivity (Wildman–Crippen MR) is 96.2 cm³/mol. The summed E-state index contributed by atoms with van der Waals surface area (Å²) >= 11 is 0. The highest BCUT2D eigenvalue weighted by molar-refractivity contribution is 5.99. The molecule has 0 bridgehead atoms. The molecule has 2 aromatic rings. The van der Waals surface area contributed by atoms with Gasteiger partial charge in [0.1, 0.15) is 11.8 Å². The monoisotopic (exact) mass is 354 g/mol. The number of benzene rings is 1. The van der Waals surface area contributed by atoms with Crippen LogP contribution in [0.4, 0.5) is 0 Å². The summed E-state index contributed by atoms with van der Waals surface area (Å²) in [5.74, 6) is -0.613. The molecule has 0 atom stereocenters. The SMILES string of the molecule is Cc1cc(C(=O)COC(=O)COc2ccccc2C#N)c(C)n1C(C)C. The molecule has 0 fully saturated rings. The van der Waals surface area contributed by atoms with Crippen molar-refractivity contribution in [3.8, 4) is 11.8 Å². The first-order chi connectivity index (χ1) is 12.3. The second kappa shape index (κ2) is 8.34. The van der Waals surface area contributed by atoms with E-state index in [-0.39, 0.29) is 25.0 Å². The predicted octanol–water partition coefficient (Wildman–Crippen LogP) is 3.36. The number of hydrogen-bond donors (Lipinski definition) is 0. The van der Waals surface area contributed by atoms with E-state index < -0.39 is 5.97 Å². The topological polar surface area (TPSA) is 81.3 Å². The molecule has 0 unspecified atom stereocenters. The molecule has 0 aliphatic heterocycles. The van der Waals surface area contributed by atoms with Crippen LogP contribution in [0.3, 0.4) is 0 Å². The van der Waals surface area contributed by atoms with Crippen LogP contribution in [-0.2, 0) is 9.53 Å². The van der Waals surface area contributed by atoms with Crippen LogP contribution in [0.1, 0.15) is 47.2 Å². The van der Waals surface area contributed by atoms with Crippen molar-refractivity contribution in [1.29, 1.82) is 5.26 Å². The number of aromatic nitrogens is 1. The minimum Gasteiger partial charge on any atom is -0.481 e. The van der Waals surface area contributed by atoms with Crippen molar-refractivity contribution >= 4 is 11.8 Å². The molecule has 136 valence electrons. The molecular formula is C20H22N2O4. The van der Waals surface area contributed by atoms with Gasteiger partial charge in [0.25, 0.3) is 0 Å². The van der Waals surface area contributed by atoms with Gasteiger partial charge in [-0.3, -0.25) is 4.79 Å². The van der Waals surface area contributed by atoms with Gasteiger partial charge in [-0.2, -0.15) is 5.26 Å². The third-order valence-electron chi connectivity index (χ3n) is 4.02. The quantitative estimate of drug-likeness (QED) is 0.562. The van der Waals surface area contributed by atoms with Crippen molar-refractivity contribution in [2.24, 2.45) is 0 Å². The Kier molecular flexibility index (Phi) is 6.18. The maximum Gasteiger partial charge on any atom is 0.344 e. The number of hydrogen-bond acceptors (Lipinski definition) is 5. The minimum atomic E-state index is -0.663. The van der Waals surface area contributed by atoms with Gasteiger partial charge in [-0.25, -0.2) is 4.79 Å². The summed E-state index contributed by atoms with van der Waals surface area (Å²) in [5, 5.41) is 8.98. The van der Waals surface area contributed by atoms with Gasteiger partial charge in [-0.1, -0.05) is 12.1 Å². The number of carbonyl (C=O) groups excluding carboxylic acids is 2. The molecule has 2 rings (SSSR count). The second-order valence-corrected chi connectivity index (χ2v) is 6.23. The molecule has 0 N–H and O–H groups in total. The molecule has 0 radical (unpaired) electrons. The zero-order chi connectivity index (χ0) is 19.3. The van der Waals surface area contributed by atoms with Crippen molar-refractivity contribution in [2.75, 3.05) is 13.2 Å². The van der Waals surface area contributed by atoms with Crippen molar-refractivity contribution < 1.29 is 19.1 Å². The zero-order valence-electron chi connectivity index (χ0n) is 15.4. The van der Waals surface area contributed by atoms with E-state index >= 15 is 0 Å². The number of carbonyl (C=O) groups is 2. The number of ether oxygens (including phenoxy) is 2. The van der Waals surface area contributed by atoms with Crippen LogP contribution in [0.15, 0.2) is 30.3 Å². The van der Waals surface area contributed by atoms with Gasteiger partial charge in [0.2, 0.25) is 5.78 Å². The fraction of sp³-hybridized carbons (Fsp3) is 0.350. The summed E-state index contributed by atoms with van der Waals surface area (Å²) in [7, 11) is 0. The average Bonchev–Trinajstić information content (AvgIpc) is 2.92. The molecule has 26 heavy (non-hydrogen) atoms. The Morgan fingerprint density at radius 2 is 1.88 bits per heavy atom. The summed E-state index contributed by atoms with van der Waals surface area (Å²) in [4.78, 5) is 24.2. The van der Waals surface area contributed by atoms with Gasteiger partial charge < -0.3 is 14.0 Å². The number of Topliss-reactive ketones (excluding diaryl/α,β-unsaturated/α-hetero) is 1. The fourth-order valence-corrected chi connectivity index (χ4v) is 2.94. The molecule has 6 heteroatoms. The van der Waals surface area contributed by atoms with Crippen LogP contribution in [0.25, 0.3) is 0 Å². The van der Waals surface area contributed by atoms with E-state index in [0.717, 1.165) is 11.4 Å². The van der Waals surface area contributed by atoms with Crippen LogP contribution < -0.4 is 4.74 Å². The van der Waals surface area contributed by atoms with Gasteiger partial charge in [0.15, 0.2) is 13.2 Å². The molecular weight excluding hydrogens is 332 g/mol. The molecule has 0 amide bonds. The van der Waals surface area contributed by atoms with Crippen molar-refractivity contribution in [3.05, 3.63) is 52.8 Å². The lowest BCUT2D eigenvalue weighted by atomic mass is 10.1. The summed E-state index contributed by atoms with van der Waals surface area (Å²) in [5.41, 5.74) is 2.73. The number of esters is 1. The first-order valence-electron chi connectivity index (χ1n) is 8.34. The number of rotatable bonds is 7. The lowest BCUT2D eigenvalue weighted by Crippen LogP contribution is -2.20. The summed E-state index contributed by atoms with van der Waals surface area (Å²) in [6, 6.07) is 10.6. The Morgan fingerprint density at radius 1 is 1.19 bits per heavy atom. The largest absolute Gasteiger partial charge is 0.481 e. The summed E-state index contributed by atoms with van der Waals surface area (Å²) in [6.07, 6.45) is 0. The lowest BCUT2D eigenvalue weighted by Gasteiger charge is -2.13. The van der Waals surface area contributed by atoms with Gasteiger partial charge in [0, 0.05) is 23.0 Å². The highest BCUT2D eigenvalue weighted by Crippen LogP contribution is 2.20.